The minimum Gasteiger partial charge on any atom is -0.409 e. The molecule has 0 saturated carbocycles. The summed E-state index contributed by atoms with van der Waals surface area (Å²) in [6.07, 6.45) is 0. The highest BCUT2D eigenvalue weighted by atomic mass is 35.5. The molecule has 6 nitrogen and oxygen atoms in total. The molecule has 0 aliphatic heterocycles. The van der Waals surface area contributed by atoms with E-state index in [9.17, 15) is 8.42 Å². The van der Waals surface area contributed by atoms with Gasteiger partial charge < -0.3 is 10.9 Å². The number of sulfonamides is 1. The standard InChI is InChI=1S/C10H14ClN3O3S/c1-7(10(12)14-15)6-13-18(16,17)9-5-3-2-4-8(9)11/h2-5,7,13,15H,6H2,1H3,(H2,12,14). The van der Waals surface area contributed by atoms with Crippen LogP contribution in [0.2, 0.25) is 5.02 Å². The summed E-state index contributed by atoms with van der Waals surface area (Å²) in [6, 6.07) is 6.11. The van der Waals surface area contributed by atoms with Crippen LogP contribution >= 0.6 is 11.6 Å². The van der Waals surface area contributed by atoms with Gasteiger partial charge in [0, 0.05) is 12.5 Å². The van der Waals surface area contributed by atoms with Crippen LogP contribution in [0.3, 0.4) is 0 Å². The van der Waals surface area contributed by atoms with Gasteiger partial charge in [-0.15, -0.1) is 0 Å². The van der Waals surface area contributed by atoms with Gasteiger partial charge in [-0.05, 0) is 12.1 Å². The number of nitrogens with two attached hydrogens (primary N) is 1. The maximum Gasteiger partial charge on any atom is 0.242 e. The molecule has 0 aliphatic rings. The highest BCUT2D eigenvalue weighted by Gasteiger charge is 2.19. The lowest BCUT2D eigenvalue weighted by Gasteiger charge is -2.12. The molecule has 100 valence electrons. The molecule has 18 heavy (non-hydrogen) atoms. The van der Waals surface area contributed by atoms with Gasteiger partial charge in [0.15, 0.2) is 0 Å². The summed E-state index contributed by atoms with van der Waals surface area (Å²) in [7, 11) is -3.70. The van der Waals surface area contributed by atoms with Gasteiger partial charge in [0.2, 0.25) is 10.0 Å². The monoisotopic (exact) mass is 291 g/mol. The third-order valence-electron chi connectivity index (χ3n) is 2.33. The maximum atomic E-state index is 11.9. The van der Waals surface area contributed by atoms with Gasteiger partial charge >= 0.3 is 0 Å². The van der Waals surface area contributed by atoms with E-state index in [4.69, 9.17) is 22.5 Å². The predicted molar refractivity (Wildman–Crippen MR) is 69.2 cm³/mol. The van der Waals surface area contributed by atoms with E-state index in [1.807, 2.05) is 0 Å². The van der Waals surface area contributed by atoms with Crippen LogP contribution in [0, 0.1) is 5.92 Å². The molecule has 0 fully saturated rings. The first-order valence-electron chi connectivity index (χ1n) is 5.10. The number of nitrogens with zero attached hydrogens (tertiary/aromatic N) is 1. The number of nitrogens with one attached hydrogen (secondary N) is 1. The smallest absolute Gasteiger partial charge is 0.242 e. The molecule has 0 aliphatic carbocycles. The Labute approximate surface area is 110 Å². The van der Waals surface area contributed by atoms with Crippen molar-refractivity contribution >= 4 is 27.5 Å². The molecule has 1 unspecified atom stereocenters. The lowest BCUT2D eigenvalue weighted by atomic mass is 10.2. The first kappa shape index (κ1) is 14.7. The van der Waals surface area contributed by atoms with Crippen LogP contribution in [0.4, 0.5) is 0 Å². The lowest BCUT2D eigenvalue weighted by Crippen LogP contribution is -2.34. The minimum absolute atomic E-state index is 0.00150. The first-order chi connectivity index (χ1) is 8.38. The SMILES string of the molecule is CC(CNS(=O)(=O)c1ccccc1Cl)C(N)=NO. The van der Waals surface area contributed by atoms with Crippen molar-refractivity contribution in [3.8, 4) is 0 Å². The Morgan fingerprint density at radius 1 is 1.56 bits per heavy atom. The van der Waals surface area contributed by atoms with E-state index < -0.39 is 15.9 Å². The van der Waals surface area contributed by atoms with Gasteiger partial charge in [0.25, 0.3) is 0 Å². The van der Waals surface area contributed by atoms with E-state index in [2.05, 4.69) is 9.88 Å². The van der Waals surface area contributed by atoms with E-state index in [1.165, 1.54) is 12.1 Å². The van der Waals surface area contributed by atoms with Gasteiger partial charge in [0.1, 0.15) is 10.7 Å². The van der Waals surface area contributed by atoms with Gasteiger partial charge in [-0.2, -0.15) is 0 Å². The van der Waals surface area contributed by atoms with Crippen molar-refractivity contribution in [2.75, 3.05) is 6.54 Å². The van der Waals surface area contributed by atoms with E-state index in [-0.39, 0.29) is 22.3 Å². The van der Waals surface area contributed by atoms with Crippen LogP contribution in [0.15, 0.2) is 34.3 Å². The molecule has 1 aromatic rings. The fraction of sp³-hybridized carbons (Fsp3) is 0.300. The zero-order valence-electron chi connectivity index (χ0n) is 9.67. The van der Waals surface area contributed by atoms with Crippen LogP contribution in [0.25, 0.3) is 0 Å². The molecule has 1 aromatic carbocycles. The highest BCUT2D eigenvalue weighted by molar-refractivity contribution is 7.89. The summed E-state index contributed by atoms with van der Waals surface area (Å²) in [4.78, 5) is -0.00150. The number of benzene rings is 1. The summed E-state index contributed by atoms with van der Waals surface area (Å²) in [5.41, 5.74) is 5.35. The summed E-state index contributed by atoms with van der Waals surface area (Å²) in [5, 5.41) is 11.4. The molecule has 0 amide bonds. The summed E-state index contributed by atoms with van der Waals surface area (Å²) < 4.78 is 26.2. The average Bonchev–Trinajstić information content (AvgIpc) is 2.35. The Balaban J connectivity index is 2.82. The second-order valence-corrected chi connectivity index (χ2v) is 5.85. The third kappa shape index (κ3) is 3.59. The van der Waals surface area contributed by atoms with Gasteiger partial charge in [-0.25, -0.2) is 13.1 Å². The molecular weight excluding hydrogens is 278 g/mol. The number of rotatable bonds is 5. The number of hydrogen-bond acceptors (Lipinski definition) is 4. The zero-order chi connectivity index (χ0) is 13.8. The van der Waals surface area contributed by atoms with Crippen molar-refractivity contribution in [2.45, 2.75) is 11.8 Å². The molecular formula is C10H14ClN3O3S. The van der Waals surface area contributed by atoms with Crippen molar-refractivity contribution in [2.24, 2.45) is 16.8 Å². The quantitative estimate of drug-likeness (QED) is 0.326. The molecule has 1 atom stereocenters. The zero-order valence-corrected chi connectivity index (χ0v) is 11.2. The Kier molecular flexibility index (Phi) is 4.94. The molecule has 0 bridgehead atoms. The van der Waals surface area contributed by atoms with Crippen molar-refractivity contribution in [1.82, 2.24) is 4.72 Å². The first-order valence-corrected chi connectivity index (χ1v) is 6.96. The Morgan fingerprint density at radius 2 is 2.17 bits per heavy atom. The van der Waals surface area contributed by atoms with E-state index in [0.717, 1.165) is 0 Å². The number of oxime groups is 1. The fourth-order valence-electron chi connectivity index (χ4n) is 1.18. The Morgan fingerprint density at radius 3 is 2.72 bits per heavy atom. The Bertz CT molecular complexity index is 545. The van der Waals surface area contributed by atoms with Crippen molar-refractivity contribution < 1.29 is 13.6 Å². The highest BCUT2D eigenvalue weighted by Crippen LogP contribution is 2.20. The Hall–Kier alpha value is -1.31. The van der Waals surface area contributed by atoms with Crippen LogP contribution in [-0.2, 0) is 10.0 Å². The van der Waals surface area contributed by atoms with Crippen LogP contribution < -0.4 is 10.5 Å². The van der Waals surface area contributed by atoms with Crippen molar-refractivity contribution in [3.05, 3.63) is 29.3 Å². The summed E-state index contributed by atoms with van der Waals surface area (Å²) in [5.74, 6) is -0.468. The van der Waals surface area contributed by atoms with Gasteiger partial charge in [-0.1, -0.05) is 35.8 Å². The van der Waals surface area contributed by atoms with Gasteiger partial charge in [-0.3, -0.25) is 0 Å². The lowest BCUT2D eigenvalue weighted by molar-refractivity contribution is 0.314. The van der Waals surface area contributed by atoms with Crippen LogP contribution in [-0.4, -0.2) is 26.0 Å². The van der Waals surface area contributed by atoms with Crippen molar-refractivity contribution in [1.29, 1.82) is 0 Å². The summed E-state index contributed by atoms with van der Waals surface area (Å²) >= 11 is 5.81. The van der Waals surface area contributed by atoms with E-state index >= 15 is 0 Å². The predicted octanol–water partition coefficient (Wildman–Crippen LogP) is 1.00. The third-order valence-corrected chi connectivity index (χ3v) is 4.25. The van der Waals surface area contributed by atoms with Crippen molar-refractivity contribution in [3.63, 3.8) is 0 Å². The molecule has 4 N–H and O–H groups in total. The molecule has 0 spiro atoms. The minimum atomic E-state index is -3.70. The van der Waals surface area contributed by atoms with Crippen LogP contribution in [0.5, 0.6) is 0 Å². The van der Waals surface area contributed by atoms with Crippen LogP contribution in [0.1, 0.15) is 6.92 Å². The molecule has 8 heteroatoms. The van der Waals surface area contributed by atoms with E-state index in [1.54, 1.807) is 19.1 Å². The fourth-order valence-corrected chi connectivity index (χ4v) is 2.83. The maximum absolute atomic E-state index is 11.9. The second-order valence-electron chi connectivity index (χ2n) is 3.71. The molecule has 0 saturated heterocycles. The second kappa shape index (κ2) is 6.03. The molecule has 1 rings (SSSR count). The average molecular weight is 292 g/mol. The van der Waals surface area contributed by atoms with Gasteiger partial charge in [0.05, 0.1) is 5.02 Å². The molecule has 0 aromatic heterocycles. The van der Waals surface area contributed by atoms with E-state index in [0.29, 0.717) is 0 Å². The normalized spacial score (nSPS) is 14.4. The number of amidine groups is 1. The topological polar surface area (TPSA) is 105 Å². The largest absolute Gasteiger partial charge is 0.409 e. The molecule has 0 heterocycles. The summed E-state index contributed by atoms with van der Waals surface area (Å²) in [6.45, 7) is 1.65. The molecule has 0 radical (unpaired) electrons. The number of hydrogen-bond donors (Lipinski definition) is 3. The number of halogens is 1.